The molecule has 0 radical (unpaired) electrons. The van der Waals surface area contributed by atoms with Crippen LogP contribution in [0.4, 0.5) is 5.82 Å². The number of methoxy groups -OCH3 is 1. The Morgan fingerprint density at radius 1 is 0.942 bits per heavy atom. The first-order chi connectivity index (χ1) is 25.1. The van der Waals surface area contributed by atoms with Crippen molar-refractivity contribution in [2.24, 2.45) is 0 Å². The monoisotopic (exact) mass is 745 g/mol. The fourth-order valence-electron chi connectivity index (χ4n) is 5.50. The second-order valence-electron chi connectivity index (χ2n) is 12.5. The Morgan fingerprint density at radius 3 is 2.21 bits per heavy atom. The molecule has 0 aliphatic carbocycles. The van der Waals surface area contributed by atoms with Gasteiger partial charge in [-0.05, 0) is 30.7 Å². The van der Waals surface area contributed by atoms with Gasteiger partial charge in [-0.1, -0.05) is 77.6 Å². The fraction of sp³-hybridized carbons (Fsp3) is 0.629. The third-order valence-corrected chi connectivity index (χ3v) is 9.54. The first-order valence-corrected chi connectivity index (χ1v) is 19.2. The zero-order chi connectivity index (χ0) is 37.8. The maximum atomic E-state index is 13.0. The molecule has 3 aromatic rings. The van der Waals surface area contributed by atoms with Gasteiger partial charge >= 0.3 is 7.82 Å². The number of phosphoric acid groups is 1. The number of aromatic nitrogens is 4. The average Bonchev–Trinajstić information content (AvgIpc) is 3.60. The molecule has 0 fully saturated rings. The SMILES string of the molecule is CCCCCCCCCCCCCCOC[C@H](COP(=O)(O)OCC(C#N)(OC)[C@@H](O)[C@@H](O)c1ccc2c(N)ncnn12)Oc1ccc(C#N)nc1. The van der Waals surface area contributed by atoms with Crippen LogP contribution in [0.3, 0.4) is 0 Å². The van der Waals surface area contributed by atoms with E-state index in [1.807, 2.05) is 6.07 Å². The summed E-state index contributed by atoms with van der Waals surface area (Å²) in [7, 11) is -3.82. The minimum absolute atomic E-state index is 0.00246. The van der Waals surface area contributed by atoms with Crippen LogP contribution in [0.25, 0.3) is 5.52 Å². The number of nitrogens with zero attached hydrogens (tertiary/aromatic N) is 6. The van der Waals surface area contributed by atoms with Crippen LogP contribution >= 0.6 is 7.82 Å². The van der Waals surface area contributed by atoms with E-state index in [4.69, 9.17) is 34.3 Å². The van der Waals surface area contributed by atoms with Crippen molar-refractivity contribution in [1.82, 2.24) is 19.6 Å². The first-order valence-electron chi connectivity index (χ1n) is 17.7. The van der Waals surface area contributed by atoms with E-state index in [1.54, 1.807) is 6.07 Å². The number of rotatable bonds is 27. The highest BCUT2D eigenvalue weighted by Gasteiger charge is 2.46. The van der Waals surface area contributed by atoms with E-state index in [0.29, 0.717) is 12.1 Å². The van der Waals surface area contributed by atoms with Crippen LogP contribution in [0.5, 0.6) is 5.75 Å². The van der Waals surface area contributed by atoms with Gasteiger partial charge in [-0.25, -0.2) is 19.0 Å². The lowest BCUT2D eigenvalue weighted by molar-refractivity contribution is -0.134. The van der Waals surface area contributed by atoms with Crippen LogP contribution in [0.1, 0.15) is 101 Å². The molecule has 16 nitrogen and oxygen atoms in total. The minimum Gasteiger partial charge on any atom is -0.484 e. The zero-order valence-corrected chi connectivity index (χ0v) is 30.9. The standard InChI is InChI=1S/C35H52N7O9P/c1-3-4-5-6-7-8-9-10-11-12-13-14-19-48-22-29(51-28-16-15-27(20-36)39-21-28)23-49-52(45,46)50-25-35(24-37,47-2)33(44)32(43)30-17-18-31-34(38)40-26-41-42(30)31/h15-18,21,26,29,32-33,43-44H,3-14,19,22-23,25H2,1-2H3,(H,45,46)(H2,38,40,41)/t29-,32+,33+,35?/m1/s1. The van der Waals surface area contributed by atoms with Crippen molar-refractivity contribution in [2.75, 3.05) is 39.3 Å². The summed E-state index contributed by atoms with van der Waals surface area (Å²) in [4.78, 5) is 18.4. The number of anilines is 1. The number of aliphatic hydroxyl groups is 2. The van der Waals surface area contributed by atoms with Crippen LogP contribution in [0.15, 0.2) is 36.8 Å². The molecule has 3 heterocycles. The minimum atomic E-state index is -4.90. The first kappa shape index (κ1) is 42.7. The summed E-state index contributed by atoms with van der Waals surface area (Å²) < 4.78 is 41.5. The molecule has 0 aromatic carbocycles. The van der Waals surface area contributed by atoms with Gasteiger partial charge in [-0.2, -0.15) is 15.6 Å². The van der Waals surface area contributed by atoms with Crippen LogP contribution < -0.4 is 10.5 Å². The van der Waals surface area contributed by atoms with E-state index in [2.05, 4.69) is 22.0 Å². The number of fused-ring (bicyclic) bond motifs is 1. The second kappa shape index (κ2) is 22.4. The molecule has 3 rings (SSSR count). The number of hydrogen-bond donors (Lipinski definition) is 4. The second-order valence-corrected chi connectivity index (χ2v) is 14.0. The summed E-state index contributed by atoms with van der Waals surface area (Å²) in [6.45, 7) is 1.24. The lowest BCUT2D eigenvalue weighted by Crippen LogP contribution is -2.50. The van der Waals surface area contributed by atoms with Crippen LogP contribution in [0, 0.1) is 22.7 Å². The topological polar surface area (TPSA) is 241 Å². The summed E-state index contributed by atoms with van der Waals surface area (Å²) in [6.07, 6.45) is 12.4. The van der Waals surface area contributed by atoms with E-state index < -0.39 is 44.9 Å². The van der Waals surface area contributed by atoms with E-state index in [9.17, 15) is 24.9 Å². The van der Waals surface area contributed by atoms with Crippen molar-refractivity contribution < 1.29 is 42.9 Å². The third-order valence-electron chi connectivity index (χ3n) is 8.61. The van der Waals surface area contributed by atoms with Crippen molar-refractivity contribution in [3.05, 3.63) is 48.2 Å². The average molecular weight is 746 g/mol. The number of aliphatic hydroxyl groups excluding tert-OH is 2. The molecule has 3 aromatic heterocycles. The van der Waals surface area contributed by atoms with Crippen LogP contribution in [-0.4, -0.2) is 86.0 Å². The van der Waals surface area contributed by atoms with Gasteiger partial charge in [0.15, 0.2) is 5.82 Å². The Labute approximate surface area is 305 Å². The van der Waals surface area contributed by atoms with Crippen molar-refractivity contribution in [3.63, 3.8) is 0 Å². The summed E-state index contributed by atoms with van der Waals surface area (Å²) >= 11 is 0. The fourth-order valence-corrected chi connectivity index (χ4v) is 6.28. The Kier molecular flexibility index (Phi) is 18.4. The largest absolute Gasteiger partial charge is 0.484 e. The van der Waals surface area contributed by atoms with Crippen molar-refractivity contribution in [2.45, 2.75) is 108 Å². The van der Waals surface area contributed by atoms with Crippen LogP contribution in [-0.2, 0) is 23.1 Å². The molecule has 52 heavy (non-hydrogen) atoms. The van der Waals surface area contributed by atoms with Crippen LogP contribution in [0.2, 0.25) is 0 Å². The number of nitriles is 2. The highest BCUT2D eigenvalue weighted by Crippen LogP contribution is 2.45. The molecular weight excluding hydrogens is 693 g/mol. The summed E-state index contributed by atoms with van der Waals surface area (Å²) in [6, 6.07) is 9.59. The molecular formula is C35H52N7O9P. The Hall–Kier alpha value is -3.70. The predicted octanol–water partition coefficient (Wildman–Crippen LogP) is 5.18. The predicted molar refractivity (Wildman–Crippen MR) is 191 cm³/mol. The third kappa shape index (κ3) is 13.4. The summed E-state index contributed by atoms with van der Waals surface area (Å²) in [5.74, 6) is 0.399. The van der Waals surface area contributed by atoms with E-state index in [0.717, 1.165) is 32.7 Å². The molecule has 5 N–H and O–H groups in total. The molecule has 0 aliphatic rings. The molecule has 0 amide bonds. The molecule has 0 bridgehead atoms. The number of unbranched alkanes of at least 4 members (excludes halogenated alkanes) is 11. The van der Waals surface area contributed by atoms with Gasteiger partial charge in [0.1, 0.15) is 60.3 Å². The molecule has 0 saturated heterocycles. The highest BCUT2D eigenvalue weighted by molar-refractivity contribution is 7.47. The number of hydrogen-bond acceptors (Lipinski definition) is 14. The number of phosphoric ester groups is 1. The van der Waals surface area contributed by atoms with Gasteiger partial charge in [0.05, 0.1) is 25.1 Å². The molecule has 5 atom stereocenters. The number of nitrogens with two attached hydrogens (primary N) is 1. The smallest absolute Gasteiger partial charge is 0.472 e. The van der Waals surface area contributed by atoms with E-state index in [-0.39, 0.29) is 29.6 Å². The van der Waals surface area contributed by atoms with Crippen molar-refractivity contribution in [3.8, 4) is 17.9 Å². The lowest BCUT2D eigenvalue weighted by Gasteiger charge is -2.33. The van der Waals surface area contributed by atoms with Crippen molar-refractivity contribution >= 4 is 19.2 Å². The number of ether oxygens (including phenoxy) is 3. The zero-order valence-electron chi connectivity index (χ0n) is 30.0. The molecule has 0 aliphatic heterocycles. The molecule has 17 heteroatoms. The maximum Gasteiger partial charge on any atom is 0.472 e. The Bertz CT molecular complexity index is 1610. The van der Waals surface area contributed by atoms with Gasteiger partial charge in [0, 0.05) is 13.7 Å². The maximum absolute atomic E-state index is 13.0. The summed E-state index contributed by atoms with van der Waals surface area (Å²) in [5.41, 5.74) is 4.12. The number of pyridine rings is 1. The summed E-state index contributed by atoms with van der Waals surface area (Å²) in [5, 5.41) is 45.1. The van der Waals surface area contributed by atoms with Gasteiger partial charge in [0.2, 0.25) is 5.60 Å². The van der Waals surface area contributed by atoms with Gasteiger partial charge in [-0.3, -0.25) is 9.05 Å². The Morgan fingerprint density at radius 2 is 1.62 bits per heavy atom. The van der Waals surface area contributed by atoms with Gasteiger partial charge < -0.3 is 35.1 Å². The Balaban J connectivity index is 1.51. The van der Waals surface area contributed by atoms with Gasteiger partial charge in [0.25, 0.3) is 0 Å². The van der Waals surface area contributed by atoms with E-state index in [1.165, 1.54) is 92.8 Å². The molecule has 2 unspecified atom stereocenters. The lowest BCUT2D eigenvalue weighted by atomic mass is 9.93. The molecule has 0 saturated carbocycles. The van der Waals surface area contributed by atoms with Gasteiger partial charge in [-0.15, -0.1) is 0 Å². The highest BCUT2D eigenvalue weighted by atomic mass is 31.2. The van der Waals surface area contributed by atoms with Crippen molar-refractivity contribution in [1.29, 1.82) is 10.5 Å². The number of nitrogen functional groups attached to an aromatic ring is 1. The molecule has 286 valence electrons. The van der Waals surface area contributed by atoms with E-state index >= 15 is 0 Å². The quantitative estimate of drug-likeness (QED) is 0.0580. The normalized spacial score (nSPS) is 15.6. The molecule has 0 spiro atoms.